The van der Waals surface area contributed by atoms with Gasteiger partial charge in [0.2, 0.25) is 11.8 Å². The zero-order valence-electron chi connectivity index (χ0n) is 16.8. The van der Waals surface area contributed by atoms with Gasteiger partial charge in [-0.1, -0.05) is 0 Å². The van der Waals surface area contributed by atoms with Gasteiger partial charge in [0.25, 0.3) is 0 Å². The second kappa shape index (κ2) is 18.7. The van der Waals surface area contributed by atoms with Crippen molar-refractivity contribution in [2.24, 2.45) is 5.73 Å². The Bertz CT molecular complexity index is 518. The fourth-order valence-electron chi connectivity index (χ4n) is 1.84. The van der Waals surface area contributed by atoms with Gasteiger partial charge in [-0.05, 0) is 6.42 Å². The third-order valence-corrected chi connectivity index (χ3v) is 3.34. The summed E-state index contributed by atoms with van der Waals surface area (Å²) in [6.45, 7) is 1.39. The number of amides is 2. The van der Waals surface area contributed by atoms with Crippen molar-refractivity contribution in [3.05, 3.63) is 0 Å². The fourth-order valence-corrected chi connectivity index (χ4v) is 1.84. The molecule has 2 amide bonds. The highest BCUT2D eigenvalue weighted by atomic mass is 16.5. The minimum atomic E-state index is -1.15. The Balaban J connectivity index is 3.36. The number of carboxylic acid groups (broad SMARTS) is 2. The van der Waals surface area contributed by atoms with Crippen LogP contribution in [0.4, 0.5) is 0 Å². The molecule has 13 heteroatoms. The van der Waals surface area contributed by atoms with Gasteiger partial charge >= 0.3 is 11.9 Å². The van der Waals surface area contributed by atoms with Crippen molar-refractivity contribution in [2.75, 3.05) is 65.9 Å². The zero-order valence-corrected chi connectivity index (χ0v) is 16.8. The highest BCUT2D eigenvalue weighted by Crippen LogP contribution is 1.94. The van der Waals surface area contributed by atoms with E-state index in [2.05, 4.69) is 10.6 Å². The van der Waals surface area contributed by atoms with Gasteiger partial charge in [-0.3, -0.25) is 14.4 Å². The summed E-state index contributed by atoms with van der Waals surface area (Å²) in [5.74, 6) is -2.81. The lowest BCUT2D eigenvalue weighted by atomic mass is 10.1. The summed E-state index contributed by atoms with van der Waals surface area (Å²) in [6, 6.07) is -1.06. The number of hydrogen-bond acceptors (Lipinski definition) is 9. The van der Waals surface area contributed by atoms with Crippen LogP contribution in [0.5, 0.6) is 0 Å². The molecule has 6 N–H and O–H groups in total. The van der Waals surface area contributed by atoms with Crippen molar-refractivity contribution >= 4 is 23.8 Å². The number of nitrogens with one attached hydrogen (secondary N) is 2. The third-order valence-electron chi connectivity index (χ3n) is 3.34. The number of carboxylic acids is 2. The van der Waals surface area contributed by atoms with Crippen molar-refractivity contribution in [3.63, 3.8) is 0 Å². The number of rotatable bonds is 20. The normalized spacial score (nSPS) is 11.6. The molecule has 0 heterocycles. The Morgan fingerprint density at radius 1 is 0.733 bits per heavy atom. The molecule has 1 atom stereocenters. The molecule has 0 aliphatic heterocycles. The first-order valence-corrected chi connectivity index (χ1v) is 9.37. The molecule has 0 aromatic rings. The summed E-state index contributed by atoms with van der Waals surface area (Å²) in [5, 5.41) is 22.1. The topological polar surface area (TPSA) is 196 Å². The molecule has 13 nitrogen and oxygen atoms in total. The molecule has 174 valence electrons. The summed E-state index contributed by atoms with van der Waals surface area (Å²) in [6.07, 6.45) is 0.0838. The molecule has 0 unspecified atom stereocenters. The van der Waals surface area contributed by atoms with Crippen LogP contribution in [-0.4, -0.2) is 106 Å². The predicted octanol–water partition coefficient (Wildman–Crippen LogP) is -2.44. The van der Waals surface area contributed by atoms with Gasteiger partial charge in [-0.25, -0.2) is 4.79 Å². The molecule has 0 aliphatic carbocycles. The molecule has 0 saturated heterocycles. The monoisotopic (exact) mass is 437 g/mol. The maximum atomic E-state index is 11.5. The molecule has 0 radical (unpaired) electrons. The number of ether oxygens (including phenoxy) is 4. The van der Waals surface area contributed by atoms with Gasteiger partial charge in [0, 0.05) is 19.5 Å². The van der Waals surface area contributed by atoms with Crippen LogP contribution in [0.3, 0.4) is 0 Å². The second-order valence-electron chi connectivity index (χ2n) is 5.91. The average molecular weight is 437 g/mol. The van der Waals surface area contributed by atoms with E-state index < -0.39 is 18.0 Å². The van der Waals surface area contributed by atoms with Gasteiger partial charge in [-0.15, -0.1) is 0 Å². The number of carbonyl (C=O) groups excluding carboxylic acids is 2. The van der Waals surface area contributed by atoms with Crippen LogP contribution in [0, 0.1) is 0 Å². The first-order chi connectivity index (χ1) is 14.3. The van der Waals surface area contributed by atoms with E-state index in [0.29, 0.717) is 0 Å². The molecule has 0 aliphatic rings. The standard InChI is InChI=1S/C17H31N3O10/c18-13(17(25)26)1-2-14(21)19-3-5-27-7-9-29-11-15(22)20-4-6-28-8-10-30-12-16(23)24/h13H,1-12,18H2,(H,19,21)(H,20,22)(H,23,24)(H,25,26)/t13-/m0/s1. The van der Waals surface area contributed by atoms with E-state index >= 15 is 0 Å². The highest BCUT2D eigenvalue weighted by Gasteiger charge is 2.13. The van der Waals surface area contributed by atoms with Crippen LogP contribution >= 0.6 is 0 Å². The Labute approximate surface area is 174 Å². The summed E-state index contributed by atoms with van der Waals surface area (Å²) >= 11 is 0. The second-order valence-corrected chi connectivity index (χ2v) is 5.91. The molecule has 0 spiro atoms. The molecule has 0 aromatic carbocycles. The lowest BCUT2D eigenvalue weighted by Crippen LogP contribution is -2.33. The Kier molecular flexibility index (Phi) is 17.2. The van der Waals surface area contributed by atoms with E-state index in [4.69, 9.17) is 34.9 Å². The van der Waals surface area contributed by atoms with Crippen molar-refractivity contribution in [2.45, 2.75) is 18.9 Å². The Morgan fingerprint density at radius 2 is 1.23 bits per heavy atom. The number of carbonyl (C=O) groups is 4. The first kappa shape index (κ1) is 27.7. The van der Waals surface area contributed by atoms with E-state index in [1.807, 2.05) is 0 Å². The van der Waals surface area contributed by atoms with E-state index in [1.54, 1.807) is 0 Å². The maximum absolute atomic E-state index is 11.5. The molecular weight excluding hydrogens is 406 g/mol. The van der Waals surface area contributed by atoms with Crippen LogP contribution in [0.15, 0.2) is 0 Å². The van der Waals surface area contributed by atoms with Crippen LogP contribution in [-0.2, 0) is 38.1 Å². The van der Waals surface area contributed by atoms with Gasteiger partial charge in [0.1, 0.15) is 19.3 Å². The van der Waals surface area contributed by atoms with E-state index in [1.165, 1.54) is 0 Å². The summed E-state index contributed by atoms with van der Waals surface area (Å²) in [7, 11) is 0. The predicted molar refractivity (Wildman–Crippen MR) is 102 cm³/mol. The molecule has 0 rings (SSSR count). The minimum Gasteiger partial charge on any atom is -0.480 e. The van der Waals surface area contributed by atoms with Gasteiger partial charge in [-0.2, -0.15) is 0 Å². The molecule has 0 aromatic heterocycles. The quantitative estimate of drug-likeness (QED) is 0.127. The molecule has 0 bridgehead atoms. The minimum absolute atomic E-state index is 0.0230. The number of nitrogens with two attached hydrogens (primary N) is 1. The molecule has 0 fully saturated rings. The van der Waals surface area contributed by atoms with E-state index in [0.717, 1.165) is 0 Å². The van der Waals surface area contributed by atoms with E-state index in [9.17, 15) is 19.2 Å². The van der Waals surface area contributed by atoms with Crippen LogP contribution in [0.1, 0.15) is 12.8 Å². The largest absolute Gasteiger partial charge is 0.480 e. The molecule has 30 heavy (non-hydrogen) atoms. The zero-order chi connectivity index (χ0) is 22.6. The van der Waals surface area contributed by atoms with Crippen LogP contribution in [0.2, 0.25) is 0 Å². The first-order valence-electron chi connectivity index (χ1n) is 9.37. The van der Waals surface area contributed by atoms with Crippen LogP contribution in [0.25, 0.3) is 0 Å². The third kappa shape index (κ3) is 19.0. The summed E-state index contributed by atoms with van der Waals surface area (Å²) in [5.41, 5.74) is 5.30. The SMILES string of the molecule is N[C@@H](CCC(=O)NCCOCCOCC(=O)NCCOCCOCC(=O)O)C(=O)O. The van der Waals surface area contributed by atoms with E-state index in [-0.39, 0.29) is 90.6 Å². The maximum Gasteiger partial charge on any atom is 0.329 e. The Hall–Kier alpha value is -2.32. The lowest BCUT2D eigenvalue weighted by Gasteiger charge is -2.09. The highest BCUT2D eigenvalue weighted by molar-refractivity contribution is 5.78. The summed E-state index contributed by atoms with van der Waals surface area (Å²) < 4.78 is 20.3. The smallest absolute Gasteiger partial charge is 0.329 e. The lowest BCUT2D eigenvalue weighted by molar-refractivity contribution is -0.143. The fraction of sp³-hybridized carbons (Fsp3) is 0.765. The van der Waals surface area contributed by atoms with Gasteiger partial charge in [0.15, 0.2) is 0 Å². The van der Waals surface area contributed by atoms with Gasteiger partial charge < -0.3 is 45.5 Å². The Morgan fingerprint density at radius 3 is 1.77 bits per heavy atom. The average Bonchev–Trinajstić information content (AvgIpc) is 2.69. The number of hydrogen-bond donors (Lipinski definition) is 5. The molecule has 0 saturated carbocycles. The number of aliphatic carboxylic acids is 2. The summed E-state index contributed by atoms with van der Waals surface area (Å²) in [4.78, 5) is 43.7. The van der Waals surface area contributed by atoms with Crippen molar-refractivity contribution in [1.82, 2.24) is 10.6 Å². The molecular formula is C17H31N3O10. The van der Waals surface area contributed by atoms with Crippen molar-refractivity contribution in [3.8, 4) is 0 Å². The van der Waals surface area contributed by atoms with Crippen molar-refractivity contribution in [1.29, 1.82) is 0 Å². The van der Waals surface area contributed by atoms with Crippen LogP contribution < -0.4 is 16.4 Å². The van der Waals surface area contributed by atoms with Gasteiger partial charge in [0.05, 0.1) is 39.6 Å². The van der Waals surface area contributed by atoms with Crippen molar-refractivity contribution < 1.29 is 48.3 Å².